The van der Waals surface area contributed by atoms with Crippen molar-refractivity contribution in [1.82, 2.24) is 5.32 Å². The summed E-state index contributed by atoms with van der Waals surface area (Å²) in [5.41, 5.74) is 5.10. The highest BCUT2D eigenvalue weighted by molar-refractivity contribution is 5.84. The Hall–Kier alpha value is -1.06. The van der Waals surface area contributed by atoms with Crippen LogP contribution in [0.2, 0.25) is 0 Å². The second kappa shape index (κ2) is 7.26. The summed E-state index contributed by atoms with van der Waals surface area (Å²) in [6.45, 7) is 6.70. The zero-order valence-corrected chi connectivity index (χ0v) is 9.88. The first kappa shape index (κ1) is 13.9. The second-order valence-corrected chi connectivity index (χ2v) is 4.30. The van der Waals surface area contributed by atoms with Gasteiger partial charge in [0.05, 0.1) is 0 Å². The van der Waals surface area contributed by atoms with Gasteiger partial charge in [0.2, 0.25) is 11.8 Å². The van der Waals surface area contributed by atoms with Crippen LogP contribution in [-0.4, -0.2) is 18.4 Å². The lowest BCUT2D eigenvalue weighted by atomic mass is 9.98. The lowest BCUT2D eigenvalue weighted by Gasteiger charge is -2.15. The Bertz CT molecular complexity index is 215. The molecule has 0 aliphatic carbocycles. The maximum Gasteiger partial charge on any atom is 0.223 e. The lowest BCUT2D eigenvalue weighted by molar-refractivity contribution is -0.129. The van der Waals surface area contributed by atoms with Gasteiger partial charge in [-0.3, -0.25) is 9.59 Å². The summed E-state index contributed by atoms with van der Waals surface area (Å²) < 4.78 is 0. The van der Waals surface area contributed by atoms with Crippen LogP contribution in [0.15, 0.2) is 0 Å². The molecule has 0 aliphatic rings. The first-order chi connectivity index (χ1) is 6.97. The van der Waals surface area contributed by atoms with Crippen LogP contribution >= 0.6 is 0 Å². The monoisotopic (exact) mass is 214 g/mol. The molecule has 0 saturated heterocycles. The molecule has 0 aliphatic heterocycles. The van der Waals surface area contributed by atoms with E-state index in [0.717, 1.165) is 6.42 Å². The number of primary amides is 1. The number of rotatable bonds is 7. The van der Waals surface area contributed by atoms with Crippen LogP contribution in [-0.2, 0) is 9.59 Å². The molecule has 0 saturated carbocycles. The molecule has 1 atom stereocenters. The molecule has 0 fully saturated rings. The van der Waals surface area contributed by atoms with Crippen molar-refractivity contribution in [3.8, 4) is 0 Å². The molecule has 0 aromatic heterocycles. The molecule has 0 bridgehead atoms. The van der Waals surface area contributed by atoms with Crippen molar-refractivity contribution in [2.75, 3.05) is 6.54 Å². The number of carbonyl (C=O) groups is 2. The summed E-state index contributed by atoms with van der Waals surface area (Å²) >= 11 is 0. The molecule has 0 aromatic rings. The predicted molar refractivity (Wildman–Crippen MR) is 60.1 cm³/mol. The van der Waals surface area contributed by atoms with Crippen molar-refractivity contribution >= 4 is 11.8 Å². The van der Waals surface area contributed by atoms with Crippen LogP contribution in [0.25, 0.3) is 0 Å². The summed E-state index contributed by atoms with van der Waals surface area (Å²) in [7, 11) is 0. The van der Waals surface area contributed by atoms with Gasteiger partial charge in [-0.1, -0.05) is 27.2 Å². The highest BCUT2D eigenvalue weighted by atomic mass is 16.2. The SMILES string of the molecule is CCCC(CC(N)=O)C(=O)NCC(C)C. The van der Waals surface area contributed by atoms with E-state index in [2.05, 4.69) is 5.32 Å². The van der Waals surface area contributed by atoms with Gasteiger partial charge in [0.1, 0.15) is 0 Å². The fourth-order valence-electron chi connectivity index (χ4n) is 1.37. The van der Waals surface area contributed by atoms with Gasteiger partial charge in [-0.2, -0.15) is 0 Å². The van der Waals surface area contributed by atoms with Crippen molar-refractivity contribution in [1.29, 1.82) is 0 Å². The van der Waals surface area contributed by atoms with Crippen molar-refractivity contribution < 1.29 is 9.59 Å². The highest BCUT2D eigenvalue weighted by Gasteiger charge is 2.19. The van der Waals surface area contributed by atoms with E-state index < -0.39 is 5.91 Å². The summed E-state index contributed by atoms with van der Waals surface area (Å²) in [6, 6.07) is 0. The van der Waals surface area contributed by atoms with E-state index in [9.17, 15) is 9.59 Å². The molecule has 0 spiro atoms. The quantitative estimate of drug-likeness (QED) is 0.665. The first-order valence-electron chi connectivity index (χ1n) is 5.53. The zero-order chi connectivity index (χ0) is 11.8. The molecule has 88 valence electrons. The number of amides is 2. The van der Waals surface area contributed by atoms with Crippen LogP contribution in [0.1, 0.15) is 40.0 Å². The molecular formula is C11H22N2O2. The van der Waals surface area contributed by atoms with Crippen LogP contribution in [0.5, 0.6) is 0 Å². The Balaban J connectivity index is 4.09. The van der Waals surface area contributed by atoms with E-state index in [4.69, 9.17) is 5.73 Å². The Kier molecular flexibility index (Phi) is 6.75. The van der Waals surface area contributed by atoms with Crippen LogP contribution in [0, 0.1) is 11.8 Å². The molecule has 2 amide bonds. The minimum absolute atomic E-state index is 0.0515. The van der Waals surface area contributed by atoms with Crippen LogP contribution in [0.4, 0.5) is 0 Å². The van der Waals surface area contributed by atoms with Crippen molar-refractivity contribution in [2.24, 2.45) is 17.6 Å². The van der Waals surface area contributed by atoms with E-state index in [1.54, 1.807) is 0 Å². The third-order valence-electron chi connectivity index (χ3n) is 2.14. The molecule has 4 heteroatoms. The fraction of sp³-hybridized carbons (Fsp3) is 0.818. The Morgan fingerprint density at radius 1 is 1.33 bits per heavy atom. The number of hydrogen-bond acceptors (Lipinski definition) is 2. The molecular weight excluding hydrogens is 192 g/mol. The molecule has 0 heterocycles. The Labute approximate surface area is 91.6 Å². The van der Waals surface area contributed by atoms with Crippen molar-refractivity contribution in [2.45, 2.75) is 40.0 Å². The average Bonchev–Trinajstić information content (AvgIpc) is 2.12. The summed E-state index contributed by atoms with van der Waals surface area (Å²) in [5.74, 6) is -0.298. The first-order valence-corrected chi connectivity index (χ1v) is 5.53. The summed E-state index contributed by atoms with van der Waals surface area (Å²) in [6.07, 6.45) is 1.75. The van der Waals surface area contributed by atoms with Crippen molar-refractivity contribution in [3.63, 3.8) is 0 Å². The van der Waals surface area contributed by atoms with E-state index in [-0.39, 0.29) is 18.2 Å². The molecule has 0 radical (unpaired) electrons. The lowest BCUT2D eigenvalue weighted by Crippen LogP contribution is -2.35. The Morgan fingerprint density at radius 3 is 2.33 bits per heavy atom. The number of carbonyl (C=O) groups excluding carboxylic acids is 2. The van der Waals surface area contributed by atoms with Gasteiger partial charge in [0.25, 0.3) is 0 Å². The van der Waals surface area contributed by atoms with E-state index in [1.165, 1.54) is 0 Å². The third kappa shape index (κ3) is 6.94. The zero-order valence-electron chi connectivity index (χ0n) is 9.88. The predicted octanol–water partition coefficient (Wildman–Crippen LogP) is 1.05. The van der Waals surface area contributed by atoms with Crippen LogP contribution < -0.4 is 11.1 Å². The molecule has 0 aromatic carbocycles. The van der Waals surface area contributed by atoms with Crippen LogP contribution in [0.3, 0.4) is 0 Å². The van der Waals surface area contributed by atoms with Gasteiger partial charge in [-0.25, -0.2) is 0 Å². The average molecular weight is 214 g/mol. The molecule has 3 N–H and O–H groups in total. The fourth-order valence-corrected chi connectivity index (χ4v) is 1.37. The summed E-state index contributed by atoms with van der Waals surface area (Å²) in [5, 5.41) is 2.83. The Morgan fingerprint density at radius 2 is 1.93 bits per heavy atom. The minimum Gasteiger partial charge on any atom is -0.370 e. The highest BCUT2D eigenvalue weighted by Crippen LogP contribution is 2.11. The maximum atomic E-state index is 11.7. The van der Waals surface area contributed by atoms with E-state index in [0.29, 0.717) is 18.9 Å². The summed E-state index contributed by atoms with van der Waals surface area (Å²) in [4.78, 5) is 22.4. The van der Waals surface area contributed by atoms with E-state index in [1.807, 2.05) is 20.8 Å². The second-order valence-electron chi connectivity index (χ2n) is 4.30. The van der Waals surface area contributed by atoms with Gasteiger partial charge in [0, 0.05) is 18.9 Å². The van der Waals surface area contributed by atoms with Gasteiger partial charge in [0.15, 0.2) is 0 Å². The van der Waals surface area contributed by atoms with E-state index >= 15 is 0 Å². The standard InChI is InChI=1S/C11H22N2O2/c1-4-5-9(6-10(12)14)11(15)13-7-8(2)3/h8-9H,4-7H2,1-3H3,(H2,12,14)(H,13,15). The largest absolute Gasteiger partial charge is 0.370 e. The number of nitrogens with one attached hydrogen (secondary N) is 1. The number of hydrogen-bond donors (Lipinski definition) is 2. The smallest absolute Gasteiger partial charge is 0.223 e. The topological polar surface area (TPSA) is 72.2 Å². The van der Waals surface area contributed by atoms with Crippen molar-refractivity contribution in [3.05, 3.63) is 0 Å². The van der Waals surface area contributed by atoms with Gasteiger partial charge < -0.3 is 11.1 Å². The van der Waals surface area contributed by atoms with Gasteiger partial charge >= 0.3 is 0 Å². The van der Waals surface area contributed by atoms with Gasteiger partial charge in [-0.05, 0) is 12.3 Å². The normalized spacial score (nSPS) is 12.5. The third-order valence-corrected chi connectivity index (χ3v) is 2.14. The maximum absolute atomic E-state index is 11.7. The molecule has 1 unspecified atom stereocenters. The molecule has 4 nitrogen and oxygen atoms in total. The van der Waals surface area contributed by atoms with Gasteiger partial charge in [-0.15, -0.1) is 0 Å². The minimum atomic E-state index is -0.409. The molecule has 15 heavy (non-hydrogen) atoms. The molecule has 0 rings (SSSR count). The number of nitrogens with two attached hydrogens (primary N) is 1.